The van der Waals surface area contributed by atoms with Gasteiger partial charge in [0.25, 0.3) is 0 Å². The first-order chi connectivity index (χ1) is 10.1. The Morgan fingerprint density at radius 2 is 1.71 bits per heavy atom. The highest BCUT2D eigenvalue weighted by molar-refractivity contribution is 4.78. The zero-order valence-corrected chi connectivity index (χ0v) is 15.3. The van der Waals surface area contributed by atoms with Crippen LogP contribution >= 0.6 is 0 Å². The first-order valence-corrected chi connectivity index (χ1v) is 9.55. The van der Waals surface area contributed by atoms with E-state index in [9.17, 15) is 0 Å². The van der Waals surface area contributed by atoms with Gasteiger partial charge in [0, 0.05) is 12.1 Å². The SMILES string of the molecule is CCN(CC)CCCC(C)NC1CCCC(C(C)C)CC1. The van der Waals surface area contributed by atoms with Crippen LogP contribution in [0, 0.1) is 11.8 Å². The molecule has 3 unspecified atom stereocenters. The standard InChI is InChI=1S/C19H40N2/c1-6-21(7-2)15-9-10-17(5)20-19-12-8-11-18(13-14-19)16(3)4/h16-20H,6-15H2,1-5H3. The summed E-state index contributed by atoms with van der Waals surface area (Å²) in [5.41, 5.74) is 0. The van der Waals surface area contributed by atoms with Gasteiger partial charge in [-0.2, -0.15) is 0 Å². The maximum Gasteiger partial charge on any atom is 0.00696 e. The molecule has 1 aliphatic carbocycles. The van der Waals surface area contributed by atoms with Crippen molar-refractivity contribution in [2.24, 2.45) is 11.8 Å². The third kappa shape index (κ3) is 7.65. The predicted octanol–water partition coefficient (Wildman–Crippen LogP) is 4.69. The quantitative estimate of drug-likeness (QED) is 0.621. The summed E-state index contributed by atoms with van der Waals surface area (Å²) in [6, 6.07) is 1.46. The third-order valence-electron chi connectivity index (χ3n) is 5.48. The Bertz CT molecular complexity index is 248. The smallest absolute Gasteiger partial charge is 0.00696 e. The molecule has 126 valence electrons. The number of hydrogen-bond donors (Lipinski definition) is 1. The van der Waals surface area contributed by atoms with Crippen LogP contribution in [0.1, 0.15) is 79.6 Å². The summed E-state index contributed by atoms with van der Waals surface area (Å²) < 4.78 is 0. The second-order valence-electron chi connectivity index (χ2n) is 7.45. The van der Waals surface area contributed by atoms with Crippen LogP contribution in [0.25, 0.3) is 0 Å². The molecule has 1 fully saturated rings. The second-order valence-corrected chi connectivity index (χ2v) is 7.45. The van der Waals surface area contributed by atoms with E-state index in [0.717, 1.165) is 17.9 Å². The Labute approximate surface area is 134 Å². The van der Waals surface area contributed by atoms with Gasteiger partial charge in [0.1, 0.15) is 0 Å². The van der Waals surface area contributed by atoms with Crippen molar-refractivity contribution in [2.75, 3.05) is 19.6 Å². The molecule has 1 rings (SSSR count). The van der Waals surface area contributed by atoms with Crippen LogP contribution in [-0.2, 0) is 0 Å². The molecular weight excluding hydrogens is 256 g/mol. The summed E-state index contributed by atoms with van der Waals surface area (Å²) in [4.78, 5) is 2.53. The summed E-state index contributed by atoms with van der Waals surface area (Å²) in [7, 11) is 0. The van der Waals surface area contributed by atoms with E-state index in [4.69, 9.17) is 0 Å². The summed E-state index contributed by atoms with van der Waals surface area (Å²) in [5, 5.41) is 3.91. The maximum absolute atomic E-state index is 3.91. The van der Waals surface area contributed by atoms with Crippen molar-refractivity contribution in [2.45, 2.75) is 91.6 Å². The average Bonchev–Trinajstić information content (AvgIpc) is 2.69. The molecule has 0 saturated heterocycles. The first kappa shape index (κ1) is 19.0. The minimum absolute atomic E-state index is 0.682. The number of nitrogens with zero attached hydrogens (tertiary/aromatic N) is 1. The van der Waals surface area contributed by atoms with Gasteiger partial charge in [-0.25, -0.2) is 0 Å². The lowest BCUT2D eigenvalue weighted by atomic mass is 9.89. The predicted molar refractivity (Wildman–Crippen MR) is 94.8 cm³/mol. The Hall–Kier alpha value is -0.0800. The average molecular weight is 297 g/mol. The van der Waals surface area contributed by atoms with E-state index in [-0.39, 0.29) is 0 Å². The van der Waals surface area contributed by atoms with Crippen molar-refractivity contribution in [1.82, 2.24) is 10.2 Å². The van der Waals surface area contributed by atoms with Crippen molar-refractivity contribution in [1.29, 1.82) is 0 Å². The molecule has 0 radical (unpaired) electrons. The molecule has 0 aromatic carbocycles. The summed E-state index contributed by atoms with van der Waals surface area (Å²) >= 11 is 0. The largest absolute Gasteiger partial charge is 0.312 e. The molecule has 3 atom stereocenters. The molecule has 1 saturated carbocycles. The van der Waals surface area contributed by atoms with E-state index >= 15 is 0 Å². The molecule has 2 nitrogen and oxygen atoms in total. The molecule has 1 aliphatic rings. The molecule has 0 bridgehead atoms. The molecule has 0 heterocycles. The van der Waals surface area contributed by atoms with Gasteiger partial charge in [-0.05, 0) is 70.5 Å². The molecule has 0 amide bonds. The topological polar surface area (TPSA) is 15.3 Å². The van der Waals surface area contributed by atoms with Crippen LogP contribution in [0.15, 0.2) is 0 Å². The Balaban J connectivity index is 2.20. The van der Waals surface area contributed by atoms with Crippen LogP contribution in [-0.4, -0.2) is 36.6 Å². The Morgan fingerprint density at radius 3 is 2.33 bits per heavy atom. The van der Waals surface area contributed by atoms with Crippen molar-refractivity contribution in [3.05, 3.63) is 0 Å². The van der Waals surface area contributed by atoms with Gasteiger partial charge in [-0.1, -0.05) is 40.5 Å². The molecule has 1 N–H and O–H groups in total. The van der Waals surface area contributed by atoms with Gasteiger partial charge in [0.05, 0.1) is 0 Å². The van der Waals surface area contributed by atoms with Gasteiger partial charge in [-0.3, -0.25) is 0 Å². The fraction of sp³-hybridized carbons (Fsp3) is 1.00. The fourth-order valence-electron chi connectivity index (χ4n) is 3.81. The minimum atomic E-state index is 0.682. The molecule has 0 spiro atoms. The van der Waals surface area contributed by atoms with E-state index in [0.29, 0.717) is 6.04 Å². The van der Waals surface area contributed by atoms with Crippen molar-refractivity contribution in [3.63, 3.8) is 0 Å². The van der Waals surface area contributed by atoms with Gasteiger partial charge < -0.3 is 10.2 Å². The van der Waals surface area contributed by atoms with E-state index in [1.807, 2.05) is 0 Å². The Morgan fingerprint density at radius 1 is 1.00 bits per heavy atom. The van der Waals surface area contributed by atoms with E-state index in [2.05, 4.69) is 44.8 Å². The van der Waals surface area contributed by atoms with Crippen LogP contribution in [0.2, 0.25) is 0 Å². The normalized spacial score (nSPS) is 25.3. The monoisotopic (exact) mass is 296 g/mol. The van der Waals surface area contributed by atoms with Gasteiger partial charge >= 0.3 is 0 Å². The lowest BCUT2D eigenvalue weighted by Crippen LogP contribution is -2.37. The number of nitrogens with one attached hydrogen (secondary N) is 1. The highest BCUT2D eigenvalue weighted by atomic mass is 15.1. The lowest BCUT2D eigenvalue weighted by Gasteiger charge is -2.24. The molecule has 21 heavy (non-hydrogen) atoms. The number of rotatable bonds is 9. The molecular formula is C19H40N2. The summed E-state index contributed by atoms with van der Waals surface area (Å²) in [5.74, 6) is 1.84. The second kappa shape index (κ2) is 10.6. The first-order valence-electron chi connectivity index (χ1n) is 9.55. The molecule has 0 aliphatic heterocycles. The van der Waals surface area contributed by atoms with Crippen LogP contribution in [0.3, 0.4) is 0 Å². The van der Waals surface area contributed by atoms with Gasteiger partial charge in [-0.15, -0.1) is 0 Å². The third-order valence-corrected chi connectivity index (χ3v) is 5.48. The van der Waals surface area contributed by atoms with Gasteiger partial charge in [0.15, 0.2) is 0 Å². The zero-order chi connectivity index (χ0) is 15.7. The summed E-state index contributed by atoms with van der Waals surface area (Å²) in [6.45, 7) is 15.4. The molecule has 0 aromatic heterocycles. The maximum atomic E-state index is 3.91. The van der Waals surface area contributed by atoms with Crippen molar-refractivity contribution >= 4 is 0 Å². The Kier molecular flexibility index (Phi) is 9.59. The molecule has 0 aromatic rings. The zero-order valence-electron chi connectivity index (χ0n) is 15.3. The van der Waals surface area contributed by atoms with Crippen LogP contribution < -0.4 is 5.32 Å². The molecule has 2 heteroatoms. The summed E-state index contributed by atoms with van der Waals surface area (Å²) in [6.07, 6.45) is 9.74. The van der Waals surface area contributed by atoms with Crippen LogP contribution in [0.5, 0.6) is 0 Å². The lowest BCUT2D eigenvalue weighted by molar-refractivity contribution is 0.285. The van der Waals surface area contributed by atoms with Crippen LogP contribution in [0.4, 0.5) is 0 Å². The minimum Gasteiger partial charge on any atom is -0.312 e. The fourth-order valence-corrected chi connectivity index (χ4v) is 3.81. The van der Waals surface area contributed by atoms with E-state index < -0.39 is 0 Å². The van der Waals surface area contributed by atoms with Gasteiger partial charge in [0.2, 0.25) is 0 Å². The highest BCUT2D eigenvalue weighted by Crippen LogP contribution is 2.29. The highest BCUT2D eigenvalue weighted by Gasteiger charge is 2.21. The van der Waals surface area contributed by atoms with Crippen molar-refractivity contribution < 1.29 is 0 Å². The van der Waals surface area contributed by atoms with E-state index in [1.54, 1.807) is 0 Å². The van der Waals surface area contributed by atoms with Crippen molar-refractivity contribution in [3.8, 4) is 0 Å². The number of hydrogen-bond acceptors (Lipinski definition) is 2. The van der Waals surface area contributed by atoms with E-state index in [1.165, 1.54) is 64.6 Å².